The molecule has 6 nitrogen and oxygen atoms in total. The van der Waals surface area contributed by atoms with Crippen molar-refractivity contribution in [3.63, 3.8) is 0 Å². The lowest BCUT2D eigenvalue weighted by molar-refractivity contribution is -0.116. The molecule has 2 N–H and O–H groups in total. The highest BCUT2D eigenvalue weighted by Crippen LogP contribution is 2.39. The number of aromatic nitrogens is 3. The fraction of sp³-hybridized carbons (Fsp3) is 0.0870. The van der Waals surface area contributed by atoms with E-state index in [4.69, 9.17) is 11.6 Å². The van der Waals surface area contributed by atoms with Gasteiger partial charge >= 0.3 is 0 Å². The maximum Gasteiger partial charge on any atom is 0.240 e. The molecule has 160 valence electrons. The van der Waals surface area contributed by atoms with Crippen molar-refractivity contribution in [3.05, 3.63) is 95.3 Å². The number of carbonyl (C=O) groups excluding carboxylic acids is 1. The van der Waals surface area contributed by atoms with Crippen LogP contribution in [0, 0.1) is 5.82 Å². The monoisotopic (exact) mass is 465 g/mol. The third-order valence-corrected chi connectivity index (χ3v) is 6.54. The van der Waals surface area contributed by atoms with Crippen molar-refractivity contribution in [1.29, 1.82) is 0 Å². The molecular weight excluding hydrogens is 449 g/mol. The van der Waals surface area contributed by atoms with Gasteiger partial charge in [-0.25, -0.2) is 9.07 Å². The Morgan fingerprint density at radius 3 is 2.44 bits per heavy atom. The van der Waals surface area contributed by atoms with Gasteiger partial charge in [0.25, 0.3) is 0 Å². The Balaban J connectivity index is 1.50. The van der Waals surface area contributed by atoms with Crippen LogP contribution in [0.15, 0.2) is 84.0 Å². The van der Waals surface area contributed by atoms with Crippen molar-refractivity contribution < 1.29 is 9.18 Å². The van der Waals surface area contributed by atoms with Crippen LogP contribution in [0.2, 0.25) is 5.02 Å². The summed E-state index contributed by atoms with van der Waals surface area (Å²) in [6, 6.07) is 22.2. The smallest absolute Gasteiger partial charge is 0.240 e. The Labute approximate surface area is 192 Å². The van der Waals surface area contributed by atoms with Gasteiger partial charge in [0.2, 0.25) is 11.1 Å². The Morgan fingerprint density at radius 2 is 1.72 bits per heavy atom. The molecule has 3 aromatic carbocycles. The topological polar surface area (TPSA) is 71.8 Å². The molecule has 2 unspecified atom stereocenters. The molecule has 0 saturated heterocycles. The number of hydrogen-bond acceptors (Lipinski definition) is 5. The average Bonchev–Trinajstić information content (AvgIpc) is 3.24. The fourth-order valence-corrected chi connectivity index (χ4v) is 4.70. The van der Waals surface area contributed by atoms with E-state index in [9.17, 15) is 9.18 Å². The summed E-state index contributed by atoms with van der Waals surface area (Å²) in [7, 11) is 0. The predicted octanol–water partition coefficient (Wildman–Crippen LogP) is 5.14. The van der Waals surface area contributed by atoms with Crippen molar-refractivity contribution >= 4 is 35.0 Å². The summed E-state index contributed by atoms with van der Waals surface area (Å²) in [5, 5.41) is 12.1. The Hall–Kier alpha value is -3.36. The van der Waals surface area contributed by atoms with Gasteiger partial charge in [-0.2, -0.15) is 0 Å². The first-order chi connectivity index (χ1) is 15.6. The number of anilines is 1. The van der Waals surface area contributed by atoms with E-state index < -0.39 is 11.3 Å². The Kier molecular flexibility index (Phi) is 5.55. The maximum atomic E-state index is 13.6. The lowest BCUT2D eigenvalue weighted by Gasteiger charge is -2.33. The zero-order valence-electron chi connectivity index (χ0n) is 16.6. The lowest BCUT2D eigenvalue weighted by Crippen LogP contribution is -2.41. The summed E-state index contributed by atoms with van der Waals surface area (Å²) in [5.41, 5.74) is 5.67. The highest BCUT2D eigenvalue weighted by Gasteiger charge is 2.38. The van der Waals surface area contributed by atoms with Gasteiger partial charge < -0.3 is 10.7 Å². The first-order valence-corrected chi connectivity index (χ1v) is 11.1. The third-order valence-electron chi connectivity index (χ3n) is 5.07. The van der Waals surface area contributed by atoms with Crippen LogP contribution in [-0.2, 0) is 4.79 Å². The van der Waals surface area contributed by atoms with Gasteiger partial charge in [-0.05, 0) is 42.0 Å². The van der Waals surface area contributed by atoms with Crippen LogP contribution < -0.4 is 10.7 Å². The molecule has 2 heterocycles. The van der Waals surface area contributed by atoms with E-state index in [1.54, 1.807) is 41.1 Å². The molecule has 0 aliphatic carbocycles. The normalized spacial score (nSPS) is 17.3. The van der Waals surface area contributed by atoms with E-state index in [0.29, 0.717) is 21.7 Å². The predicted molar refractivity (Wildman–Crippen MR) is 124 cm³/mol. The van der Waals surface area contributed by atoms with Crippen molar-refractivity contribution in [1.82, 2.24) is 14.9 Å². The van der Waals surface area contributed by atoms with E-state index in [1.165, 1.54) is 23.9 Å². The van der Waals surface area contributed by atoms with Crippen molar-refractivity contribution in [2.45, 2.75) is 16.4 Å². The standard InChI is InChI=1S/C23H17ClFN5OS/c24-16-8-12-18(13-9-16)26-22(31)20-19(14-6-10-17(25)11-7-14)29-30-21(27-28-23(30)32-20)15-4-2-1-3-5-15/h1-13,19-20,29H,(H,26,31). The second-order valence-electron chi connectivity index (χ2n) is 7.20. The van der Waals surface area contributed by atoms with Gasteiger partial charge in [0.15, 0.2) is 5.82 Å². The second kappa shape index (κ2) is 8.64. The molecule has 0 radical (unpaired) electrons. The highest BCUT2D eigenvalue weighted by atomic mass is 35.5. The quantitative estimate of drug-likeness (QED) is 0.437. The molecular formula is C23H17ClFN5OS. The largest absolute Gasteiger partial charge is 0.325 e. The summed E-state index contributed by atoms with van der Waals surface area (Å²) < 4.78 is 15.3. The molecule has 0 saturated carbocycles. The van der Waals surface area contributed by atoms with E-state index >= 15 is 0 Å². The first-order valence-electron chi connectivity index (χ1n) is 9.84. The number of benzene rings is 3. The zero-order chi connectivity index (χ0) is 22.1. The third kappa shape index (κ3) is 4.06. The summed E-state index contributed by atoms with van der Waals surface area (Å²) in [5.74, 6) is 0.0840. The summed E-state index contributed by atoms with van der Waals surface area (Å²) in [6.45, 7) is 0. The van der Waals surface area contributed by atoms with E-state index in [1.807, 2.05) is 30.3 Å². The highest BCUT2D eigenvalue weighted by molar-refractivity contribution is 8.00. The SMILES string of the molecule is O=C(Nc1ccc(Cl)cc1)C1Sc2nnc(-c3ccccc3)n2NC1c1ccc(F)cc1. The van der Waals surface area contributed by atoms with E-state index in [-0.39, 0.29) is 11.7 Å². The zero-order valence-corrected chi connectivity index (χ0v) is 18.1. The first kappa shape index (κ1) is 20.5. The minimum Gasteiger partial charge on any atom is -0.325 e. The number of halogens is 2. The summed E-state index contributed by atoms with van der Waals surface area (Å²) >= 11 is 7.25. The van der Waals surface area contributed by atoms with Crippen molar-refractivity contribution in [2.75, 3.05) is 10.7 Å². The van der Waals surface area contributed by atoms with Gasteiger partial charge in [-0.3, -0.25) is 4.79 Å². The number of carbonyl (C=O) groups is 1. The molecule has 0 spiro atoms. The van der Waals surface area contributed by atoms with Crippen LogP contribution in [0.3, 0.4) is 0 Å². The van der Waals surface area contributed by atoms with Crippen LogP contribution in [-0.4, -0.2) is 26.0 Å². The second-order valence-corrected chi connectivity index (χ2v) is 8.75. The minimum atomic E-state index is -0.573. The number of rotatable bonds is 4. The number of nitrogens with zero attached hydrogens (tertiary/aromatic N) is 3. The van der Waals surface area contributed by atoms with Gasteiger partial charge in [0.1, 0.15) is 11.1 Å². The van der Waals surface area contributed by atoms with Crippen LogP contribution in [0.5, 0.6) is 0 Å². The molecule has 1 aromatic heterocycles. The number of thioether (sulfide) groups is 1. The lowest BCUT2D eigenvalue weighted by atomic mass is 10.0. The van der Waals surface area contributed by atoms with Crippen molar-refractivity contribution in [3.8, 4) is 11.4 Å². The molecule has 4 aromatic rings. The van der Waals surface area contributed by atoms with Crippen LogP contribution in [0.4, 0.5) is 10.1 Å². The molecule has 32 heavy (non-hydrogen) atoms. The summed E-state index contributed by atoms with van der Waals surface area (Å²) in [4.78, 5) is 13.3. The molecule has 1 aliphatic heterocycles. The van der Waals surface area contributed by atoms with Gasteiger partial charge in [-0.1, -0.05) is 65.8 Å². The number of hydrogen-bond donors (Lipinski definition) is 2. The van der Waals surface area contributed by atoms with Gasteiger partial charge in [0, 0.05) is 16.3 Å². The van der Waals surface area contributed by atoms with Gasteiger partial charge in [0.05, 0.1) is 6.04 Å². The maximum absolute atomic E-state index is 13.6. The molecule has 0 fully saturated rings. The summed E-state index contributed by atoms with van der Waals surface area (Å²) in [6.07, 6.45) is 0. The van der Waals surface area contributed by atoms with Crippen LogP contribution in [0.25, 0.3) is 11.4 Å². The van der Waals surface area contributed by atoms with E-state index in [2.05, 4.69) is 20.9 Å². The molecule has 2 atom stereocenters. The molecule has 5 rings (SSSR count). The van der Waals surface area contributed by atoms with Crippen LogP contribution in [0.1, 0.15) is 11.6 Å². The minimum absolute atomic E-state index is 0.213. The molecule has 9 heteroatoms. The number of fused-ring (bicyclic) bond motifs is 1. The molecule has 1 amide bonds. The Bertz CT molecular complexity index is 1250. The Morgan fingerprint density at radius 1 is 1.00 bits per heavy atom. The van der Waals surface area contributed by atoms with E-state index in [0.717, 1.165) is 11.1 Å². The van der Waals surface area contributed by atoms with Crippen molar-refractivity contribution in [2.24, 2.45) is 0 Å². The number of amides is 1. The van der Waals surface area contributed by atoms with Gasteiger partial charge in [-0.15, -0.1) is 10.2 Å². The molecule has 1 aliphatic rings. The van der Waals surface area contributed by atoms with Crippen LogP contribution >= 0.6 is 23.4 Å². The number of nitrogens with one attached hydrogen (secondary N) is 2. The molecule has 0 bridgehead atoms. The fourth-order valence-electron chi connectivity index (χ4n) is 3.50. The average molecular weight is 466 g/mol.